The van der Waals surface area contributed by atoms with Crippen molar-refractivity contribution < 1.29 is 13.2 Å². The molecule has 2 rings (SSSR count). The number of rotatable bonds is 4. The van der Waals surface area contributed by atoms with E-state index in [2.05, 4.69) is 9.97 Å². The fourth-order valence-corrected chi connectivity index (χ4v) is 2.48. The van der Waals surface area contributed by atoms with Crippen LogP contribution in [0.4, 0.5) is 19.0 Å². The van der Waals surface area contributed by atoms with Gasteiger partial charge in [0.1, 0.15) is 5.82 Å². The summed E-state index contributed by atoms with van der Waals surface area (Å²) in [6, 6.07) is 4.50. The Kier molecular flexibility index (Phi) is 4.90. The van der Waals surface area contributed by atoms with Crippen LogP contribution in [0.15, 0.2) is 36.8 Å². The lowest BCUT2D eigenvalue weighted by Crippen LogP contribution is -2.28. The molecule has 0 bridgehead atoms. The summed E-state index contributed by atoms with van der Waals surface area (Å²) in [6.45, 7) is 4.37. The highest BCUT2D eigenvalue weighted by Crippen LogP contribution is 2.35. The van der Waals surface area contributed by atoms with Crippen LogP contribution in [0.1, 0.15) is 31.0 Å². The number of anilines is 1. The van der Waals surface area contributed by atoms with Crippen molar-refractivity contribution in [3.05, 3.63) is 52.9 Å². The van der Waals surface area contributed by atoms with Gasteiger partial charge in [0.2, 0.25) is 0 Å². The van der Waals surface area contributed by atoms with Gasteiger partial charge in [-0.3, -0.25) is 4.98 Å². The van der Waals surface area contributed by atoms with Gasteiger partial charge in [0.05, 0.1) is 16.6 Å². The SMILES string of the molecule is CCN(c1ncc(C(F)(F)F)cc1Cl)C(C)c1cccnc1. The molecule has 0 radical (unpaired) electrons. The Labute approximate surface area is 131 Å². The van der Waals surface area contributed by atoms with Gasteiger partial charge in [-0.15, -0.1) is 0 Å². The van der Waals surface area contributed by atoms with Gasteiger partial charge in [-0.25, -0.2) is 4.98 Å². The maximum absolute atomic E-state index is 12.7. The maximum atomic E-state index is 12.7. The summed E-state index contributed by atoms with van der Waals surface area (Å²) in [6.07, 6.45) is -0.276. The van der Waals surface area contributed by atoms with E-state index in [0.29, 0.717) is 12.4 Å². The molecule has 0 saturated carbocycles. The Morgan fingerprint density at radius 3 is 2.55 bits per heavy atom. The Balaban J connectivity index is 2.36. The number of pyridine rings is 2. The third-order valence-corrected chi connectivity index (χ3v) is 3.67. The normalized spacial score (nSPS) is 13.0. The minimum absolute atomic E-state index is 0.0209. The molecular weight excluding hydrogens is 315 g/mol. The second-order valence-corrected chi connectivity index (χ2v) is 5.18. The van der Waals surface area contributed by atoms with Crippen molar-refractivity contribution in [2.45, 2.75) is 26.1 Å². The zero-order valence-corrected chi connectivity index (χ0v) is 12.9. The highest BCUT2D eigenvalue weighted by Gasteiger charge is 2.32. The first-order chi connectivity index (χ1) is 10.3. The first-order valence-corrected chi connectivity index (χ1v) is 7.11. The molecule has 7 heteroatoms. The van der Waals surface area contributed by atoms with Gasteiger partial charge in [0.15, 0.2) is 0 Å². The van der Waals surface area contributed by atoms with Gasteiger partial charge >= 0.3 is 6.18 Å². The third kappa shape index (κ3) is 3.50. The Bertz CT molecular complexity index is 632. The molecule has 0 spiro atoms. The first kappa shape index (κ1) is 16.5. The van der Waals surface area contributed by atoms with E-state index >= 15 is 0 Å². The van der Waals surface area contributed by atoms with Crippen LogP contribution in [0.3, 0.4) is 0 Å². The predicted molar refractivity (Wildman–Crippen MR) is 79.9 cm³/mol. The highest BCUT2D eigenvalue weighted by molar-refractivity contribution is 6.33. The molecule has 2 aromatic rings. The fraction of sp³-hybridized carbons (Fsp3) is 0.333. The Hall–Kier alpha value is -1.82. The molecule has 2 aromatic heterocycles. The van der Waals surface area contributed by atoms with Crippen LogP contribution >= 0.6 is 11.6 Å². The van der Waals surface area contributed by atoms with E-state index in [9.17, 15) is 13.2 Å². The topological polar surface area (TPSA) is 29.0 Å². The van der Waals surface area contributed by atoms with Crippen LogP contribution in [0.5, 0.6) is 0 Å². The molecule has 0 saturated heterocycles. The van der Waals surface area contributed by atoms with Crippen LogP contribution in [0.2, 0.25) is 5.02 Å². The average molecular weight is 330 g/mol. The van der Waals surface area contributed by atoms with E-state index in [-0.39, 0.29) is 11.1 Å². The minimum atomic E-state index is -4.46. The molecule has 0 aromatic carbocycles. The number of aromatic nitrogens is 2. The number of hydrogen-bond acceptors (Lipinski definition) is 3. The molecule has 2 heterocycles. The number of hydrogen-bond donors (Lipinski definition) is 0. The molecule has 3 nitrogen and oxygen atoms in total. The van der Waals surface area contributed by atoms with E-state index in [1.165, 1.54) is 0 Å². The molecular formula is C15H15ClF3N3. The van der Waals surface area contributed by atoms with Crippen molar-refractivity contribution >= 4 is 17.4 Å². The molecule has 0 aliphatic carbocycles. The number of halogens is 4. The van der Waals surface area contributed by atoms with Crippen LogP contribution in [-0.2, 0) is 6.18 Å². The second kappa shape index (κ2) is 6.52. The monoisotopic (exact) mass is 329 g/mol. The maximum Gasteiger partial charge on any atom is 0.417 e. The van der Waals surface area contributed by atoms with Crippen LogP contribution in [0.25, 0.3) is 0 Å². The largest absolute Gasteiger partial charge is 0.417 e. The lowest BCUT2D eigenvalue weighted by atomic mass is 10.1. The molecule has 1 atom stereocenters. The summed E-state index contributed by atoms with van der Waals surface area (Å²) in [5.41, 5.74) is 0.0773. The first-order valence-electron chi connectivity index (χ1n) is 6.74. The van der Waals surface area contributed by atoms with Gasteiger partial charge in [0, 0.05) is 25.1 Å². The standard InChI is InChI=1S/C15H15ClF3N3/c1-3-22(10(2)11-5-4-6-20-8-11)14-13(16)7-12(9-21-14)15(17,18)19/h4-10H,3H2,1-2H3. The third-order valence-electron chi connectivity index (χ3n) is 3.40. The van der Waals surface area contributed by atoms with E-state index in [0.717, 1.165) is 17.8 Å². The lowest BCUT2D eigenvalue weighted by molar-refractivity contribution is -0.137. The summed E-state index contributed by atoms with van der Waals surface area (Å²) in [7, 11) is 0. The van der Waals surface area contributed by atoms with Gasteiger partial charge in [-0.05, 0) is 31.5 Å². The molecule has 0 aliphatic rings. The minimum Gasteiger partial charge on any atom is -0.349 e. The Morgan fingerprint density at radius 2 is 2.05 bits per heavy atom. The zero-order valence-electron chi connectivity index (χ0n) is 12.1. The molecule has 22 heavy (non-hydrogen) atoms. The summed E-state index contributed by atoms with van der Waals surface area (Å²) >= 11 is 6.02. The predicted octanol–water partition coefficient (Wildman–Crippen LogP) is 4.74. The number of nitrogens with zero attached hydrogens (tertiary/aromatic N) is 3. The molecule has 0 N–H and O–H groups in total. The summed E-state index contributed by atoms with van der Waals surface area (Å²) < 4.78 is 38.1. The van der Waals surface area contributed by atoms with Crippen LogP contribution in [0, 0.1) is 0 Å². The molecule has 118 valence electrons. The fourth-order valence-electron chi connectivity index (χ4n) is 2.21. The highest BCUT2D eigenvalue weighted by atomic mass is 35.5. The molecule has 0 fully saturated rings. The molecule has 1 unspecified atom stereocenters. The molecule has 0 amide bonds. The number of alkyl halides is 3. The van der Waals surface area contributed by atoms with Gasteiger partial charge < -0.3 is 4.90 Å². The van der Waals surface area contributed by atoms with E-state index in [1.807, 2.05) is 30.9 Å². The van der Waals surface area contributed by atoms with E-state index in [1.54, 1.807) is 12.4 Å². The van der Waals surface area contributed by atoms with Gasteiger partial charge in [-0.1, -0.05) is 17.7 Å². The van der Waals surface area contributed by atoms with Crippen LogP contribution < -0.4 is 4.90 Å². The quantitative estimate of drug-likeness (QED) is 0.811. The summed E-state index contributed by atoms with van der Waals surface area (Å²) in [5, 5.41) is -0.0209. The smallest absolute Gasteiger partial charge is 0.349 e. The lowest BCUT2D eigenvalue weighted by Gasteiger charge is -2.30. The zero-order chi connectivity index (χ0) is 16.3. The van der Waals surface area contributed by atoms with Gasteiger partial charge in [-0.2, -0.15) is 13.2 Å². The van der Waals surface area contributed by atoms with E-state index < -0.39 is 11.7 Å². The van der Waals surface area contributed by atoms with E-state index in [4.69, 9.17) is 11.6 Å². The van der Waals surface area contributed by atoms with Crippen molar-refractivity contribution in [3.8, 4) is 0 Å². The molecule has 0 aliphatic heterocycles. The summed E-state index contributed by atoms with van der Waals surface area (Å²) in [5.74, 6) is 0.327. The van der Waals surface area contributed by atoms with Crippen molar-refractivity contribution in [1.29, 1.82) is 0 Å². The second-order valence-electron chi connectivity index (χ2n) is 4.78. The Morgan fingerprint density at radius 1 is 1.32 bits per heavy atom. The van der Waals surface area contributed by atoms with Crippen molar-refractivity contribution in [1.82, 2.24) is 9.97 Å². The van der Waals surface area contributed by atoms with Crippen molar-refractivity contribution in [2.75, 3.05) is 11.4 Å². The van der Waals surface area contributed by atoms with Crippen molar-refractivity contribution in [2.24, 2.45) is 0 Å². The van der Waals surface area contributed by atoms with Crippen molar-refractivity contribution in [3.63, 3.8) is 0 Å². The average Bonchev–Trinajstić information content (AvgIpc) is 2.49. The summed E-state index contributed by atoms with van der Waals surface area (Å²) in [4.78, 5) is 9.80. The van der Waals surface area contributed by atoms with Gasteiger partial charge in [0.25, 0.3) is 0 Å². The van der Waals surface area contributed by atoms with Crippen LogP contribution in [-0.4, -0.2) is 16.5 Å².